The summed E-state index contributed by atoms with van der Waals surface area (Å²) in [6.45, 7) is 6.32. The number of methoxy groups -OCH3 is 1. The number of ether oxygens (including phenoxy) is 1. The zero-order valence-electron chi connectivity index (χ0n) is 10.9. The number of rotatable bonds is 7. The van der Waals surface area contributed by atoms with Crippen LogP contribution < -0.4 is 10.1 Å². The normalized spacial score (nSPS) is 12.5. The second-order valence-electron chi connectivity index (χ2n) is 4.42. The van der Waals surface area contributed by atoms with E-state index < -0.39 is 0 Å². The summed E-state index contributed by atoms with van der Waals surface area (Å²) in [5.41, 5.74) is 1.03. The Labute approximate surface area is 103 Å². The summed E-state index contributed by atoms with van der Waals surface area (Å²) in [6, 6.07) is 5.20. The minimum Gasteiger partial charge on any atom is -0.494 e. The van der Waals surface area contributed by atoms with Crippen LogP contribution in [0, 0.1) is 11.7 Å². The Balaban J connectivity index is 2.48. The van der Waals surface area contributed by atoms with Gasteiger partial charge in [0.25, 0.3) is 0 Å². The smallest absolute Gasteiger partial charge is 0.165 e. The summed E-state index contributed by atoms with van der Waals surface area (Å²) >= 11 is 0. The molecule has 0 aliphatic rings. The molecular formula is C14H22FNO. The van der Waals surface area contributed by atoms with Gasteiger partial charge in [0.05, 0.1) is 7.11 Å². The molecule has 0 amide bonds. The van der Waals surface area contributed by atoms with Gasteiger partial charge in [-0.1, -0.05) is 19.9 Å². The summed E-state index contributed by atoms with van der Waals surface area (Å²) in [6.07, 6.45) is 2.02. The van der Waals surface area contributed by atoms with Crippen LogP contribution in [0.2, 0.25) is 0 Å². The highest BCUT2D eigenvalue weighted by Crippen LogP contribution is 2.20. The molecule has 1 aromatic carbocycles. The SMILES string of the molecule is CCNCCC(C)Cc1ccc(OC)c(F)c1. The van der Waals surface area contributed by atoms with Gasteiger partial charge in [0, 0.05) is 0 Å². The Morgan fingerprint density at radius 3 is 2.76 bits per heavy atom. The van der Waals surface area contributed by atoms with Crippen molar-refractivity contribution in [2.75, 3.05) is 20.2 Å². The van der Waals surface area contributed by atoms with Gasteiger partial charge in [0.15, 0.2) is 11.6 Å². The Bertz CT molecular complexity index is 341. The zero-order chi connectivity index (χ0) is 12.7. The molecule has 0 aromatic heterocycles. The first kappa shape index (κ1) is 14.0. The standard InChI is InChI=1S/C14H22FNO/c1-4-16-8-7-11(2)9-12-5-6-14(17-3)13(15)10-12/h5-6,10-11,16H,4,7-9H2,1-3H3. The molecule has 1 rings (SSSR count). The van der Waals surface area contributed by atoms with Crippen LogP contribution in [0.15, 0.2) is 18.2 Å². The Hall–Kier alpha value is -1.09. The van der Waals surface area contributed by atoms with Crippen molar-refractivity contribution in [3.05, 3.63) is 29.6 Å². The predicted octanol–water partition coefficient (Wildman–Crippen LogP) is 3.01. The van der Waals surface area contributed by atoms with Crippen molar-refractivity contribution < 1.29 is 9.13 Å². The molecule has 0 aliphatic carbocycles. The maximum absolute atomic E-state index is 13.5. The lowest BCUT2D eigenvalue weighted by Crippen LogP contribution is -2.17. The number of benzene rings is 1. The first-order valence-corrected chi connectivity index (χ1v) is 6.20. The fraction of sp³-hybridized carbons (Fsp3) is 0.571. The molecule has 0 fully saturated rings. The summed E-state index contributed by atoms with van der Waals surface area (Å²) in [5, 5.41) is 3.30. The van der Waals surface area contributed by atoms with Crippen LogP contribution >= 0.6 is 0 Å². The molecule has 1 N–H and O–H groups in total. The molecule has 3 heteroatoms. The van der Waals surface area contributed by atoms with Gasteiger partial charge in [0.2, 0.25) is 0 Å². The Kier molecular flexibility index (Phi) is 5.98. The third-order valence-corrected chi connectivity index (χ3v) is 2.86. The van der Waals surface area contributed by atoms with Crippen molar-refractivity contribution in [3.8, 4) is 5.75 Å². The highest BCUT2D eigenvalue weighted by atomic mass is 19.1. The first-order valence-electron chi connectivity index (χ1n) is 6.20. The van der Waals surface area contributed by atoms with Gasteiger partial charge in [0.1, 0.15) is 0 Å². The van der Waals surface area contributed by atoms with Crippen LogP contribution in [0.5, 0.6) is 5.75 Å². The number of halogens is 1. The topological polar surface area (TPSA) is 21.3 Å². The van der Waals surface area contributed by atoms with Gasteiger partial charge >= 0.3 is 0 Å². The van der Waals surface area contributed by atoms with Crippen LogP contribution in [0.4, 0.5) is 4.39 Å². The van der Waals surface area contributed by atoms with Gasteiger partial charge in [-0.15, -0.1) is 0 Å². The number of hydrogen-bond donors (Lipinski definition) is 1. The molecule has 1 unspecified atom stereocenters. The quantitative estimate of drug-likeness (QED) is 0.738. The highest BCUT2D eigenvalue weighted by Gasteiger charge is 2.07. The molecule has 1 atom stereocenters. The van der Waals surface area contributed by atoms with Gasteiger partial charge in [-0.3, -0.25) is 0 Å². The molecule has 0 bridgehead atoms. The molecule has 2 nitrogen and oxygen atoms in total. The van der Waals surface area contributed by atoms with E-state index in [0.717, 1.165) is 31.5 Å². The fourth-order valence-electron chi connectivity index (χ4n) is 1.87. The summed E-state index contributed by atoms with van der Waals surface area (Å²) in [4.78, 5) is 0. The third-order valence-electron chi connectivity index (χ3n) is 2.86. The first-order chi connectivity index (χ1) is 8.17. The van der Waals surface area contributed by atoms with Crippen LogP contribution in [0.1, 0.15) is 25.8 Å². The minimum absolute atomic E-state index is 0.274. The second-order valence-corrected chi connectivity index (χ2v) is 4.42. The van der Waals surface area contributed by atoms with E-state index in [9.17, 15) is 4.39 Å². The average molecular weight is 239 g/mol. The highest BCUT2D eigenvalue weighted by molar-refractivity contribution is 5.29. The van der Waals surface area contributed by atoms with Crippen LogP contribution in [-0.4, -0.2) is 20.2 Å². The van der Waals surface area contributed by atoms with E-state index in [2.05, 4.69) is 19.2 Å². The maximum Gasteiger partial charge on any atom is 0.165 e. The minimum atomic E-state index is -0.274. The van der Waals surface area contributed by atoms with E-state index in [1.165, 1.54) is 7.11 Å². The lowest BCUT2D eigenvalue weighted by atomic mass is 9.98. The van der Waals surface area contributed by atoms with Crippen molar-refractivity contribution in [1.82, 2.24) is 5.32 Å². The molecule has 1 aromatic rings. The van der Waals surface area contributed by atoms with E-state index >= 15 is 0 Å². The predicted molar refractivity (Wildman–Crippen MR) is 69.0 cm³/mol. The molecule has 0 radical (unpaired) electrons. The summed E-state index contributed by atoms with van der Waals surface area (Å²) in [5.74, 6) is 0.597. The summed E-state index contributed by atoms with van der Waals surface area (Å²) < 4.78 is 18.4. The molecule has 17 heavy (non-hydrogen) atoms. The fourth-order valence-corrected chi connectivity index (χ4v) is 1.87. The molecule has 0 heterocycles. The molecule has 0 spiro atoms. The van der Waals surface area contributed by atoms with E-state index in [1.807, 2.05) is 6.07 Å². The van der Waals surface area contributed by atoms with Gasteiger partial charge in [-0.2, -0.15) is 0 Å². The zero-order valence-corrected chi connectivity index (χ0v) is 10.9. The third kappa shape index (κ3) is 4.73. The van der Waals surface area contributed by atoms with Crippen LogP contribution in [-0.2, 0) is 6.42 Å². The molecule has 0 saturated heterocycles. The maximum atomic E-state index is 13.5. The van der Waals surface area contributed by atoms with E-state index in [0.29, 0.717) is 11.7 Å². The van der Waals surface area contributed by atoms with Crippen LogP contribution in [0.3, 0.4) is 0 Å². The second kappa shape index (κ2) is 7.28. The van der Waals surface area contributed by atoms with Crippen molar-refractivity contribution in [2.24, 2.45) is 5.92 Å². The van der Waals surface area contributed by atoms with Gasteiger partial charge in [-0.25, -0.2) is 4.39 Å². The Morgan fingerprint density at radius 2 is 2.18 bits per heavy atom. The van der Waals surface area contributed by atoms with E-state index in [-0.39, 0.29) is 5.82 Å². The largest absolute Gasteiger partial charge is 0.494 e. The van der Waals surface area contributed by atoms with Crippen molar-refractivity contribution in [2.45, 2.75) is 26.7 Å². The Morgan fingerprint density at radius 1 is 1.41 bits per heavy atom. The lowest BCUT2D eigenvalue weighted by Gasteiger charge is -2.12. The van der Waals surface area contributed by atoms with Crippen molar-refractivity contribution in [1.29, 1.82) is 0 Å². The molecule has 0 saturated carbocycles. The molecule has 96 valence electrons. The molecular weight excluding hydrogens is 217 g/mol. The monoisotopic (exact) mass is 239 g/mol. The van der Waals surface area contributed by atoms with E-state index in [1.54, 1.807) is 12.1 Å². The van der Waals surface area contributed by atoms with Gasteiger partial charge in [-0.05, 0) is 49.5 Å². The molecule has 0 aliphatic heterocycles. The van der Waals surface area contributed by atoms with Gasteiger partial charge < -0.3 is 10.1 Å². The average Bonchev–Trinajstić information content (AvgIpc) is 2.29. The van der Waals surface area contributed by atoms with Crippen molar-refractivity contribution >= 4 is 0 Å². The summed E-state index contributed by atoms with van der Waals surface area (Å²) in [7, 11) is 1.48. The number of nitrogens with one attached hydrogen (secondary N) is 1. The van der Waals surface area contributed by atoms with Crippen molar-refractivity contribution in [3.63, 3.8) is 0 Å². The number of hydrogen-bond acceptors (Lipinski definition) is 2. The van der Waals surface area contributed by atoms with Crippen LogP contribution in [0.25, 0.3) is 0 Å². The lowest BCUT2D eigenvalue weighted by molar-refractivity contribution is 0.385. The van der Waals surface area contributed by atoms with E-state index in [4.69, 9.17) is 4.74 Å².